The molecule has 0 unspecified atom stereocenters. The van der Waals surface area contributed by atoms with Crippen molar-refractivity contribution in [2.75, 3.05) is 5.75 Å². The molecule has 1 aromatic rings. The van der Waals surface area contributed by atoms with Crippen molar-refractivity contribution < 1.29 is 16.8 Å². The molecule has 21 heavy (non-hydrogen) atoms. The summed E-state index contributed by atoms with van der Waals surface area (Å²) >= 11 is 0. The molecule has 0 bridgehead atoms. The van der Waals surface area contributed by atoms with Crippen LogP contribution in [0.5, 0.6) is 0 Å². The van der Waals surface area contributed by atoms with Crippen LogP contribution in [0, 0.1) is 0 Å². The second-order valence-corrected chi connectivity index (χ2v) is 8.97. The molecule has 0 fully saturated rings. The van der Waals surface area contributed by atoms with E-state index in [0.29, 0.717) is 18.4 Å². The summed E-state index contributed by atoms with van der Waals surface area (Å²) in [6.07, 6.45) is 2.39. The van der Waals surface area contributed by atoms with Crippen LogP contribution in [0.1, 0.15) is 24.8 Å². The summed E-state index contributed by atoms with van der Waals surface area (Å²) < 4.78 is 47.0. The number of hydrogen-bond acceptors (Lipinski definition) is 4. The predicted molar refractivity (Wildman–Crippen MR) is 84.9 cm³/mol. The fraction of sp³-hybridized carbons (Fsp3) is 0.429. The molecule has 5 nitrogen and oxygen atoms in total. The van der Waals surface area contributed by atoms with E-state index < -0.39 is 25.1 Å². The van der Waals surface area contributed by atoms with Crippen molar-refractivity contribution in [3.05, 3.63) is 48.6 Å². The molecular weight excluding hydrogens is 310 g/mol. The molecule has 0 aliphatic rings. The van der Waals surface area contributed by atoms with Crippen LogP contribution in [-0.2, 0) is 25.6 Å². The van der Waals surface area contributed by atoms with Crippen molar-refractivity contribution in [2.45, 2.75) is 30.3 Å². The van der Waals surface area contributed by atoms with Crippen molar-refractivity contribution in [3.63, 3.8) is 0 Å². The molecule has 1 atom stereocenters. The summed E-state index contributed by atoms with van der Waals surface area (Å²) in [6, 6.07) is 8.80. The summed E-state index contributed by atoms with van der Waals surface area (Å²) in [5, 5.41) is 4.30. The number of primary sulfonamides is 1. The number of sulfone groups is 1. The molecule has 0 aliphatic carbocycles. The van der Waals surface area contributed by atoms with Crippen LogP contribution in [-0.4, -0.2) is 27.8 Å². The van der Waals surface area contributed by atoms with Gasteiger partial charge in [-0.15, -0.1) is 6.58 Å². The Kier molecular flexibility index (Phi) is 6.57. The highest BCUT2D eigenvalue weighted by Crippen LogP contribution is 2.14. The van der Waals surface area contributed by atoms with Gasteiger partial charge in [-0.05, 0) is 24.8 Å². The fourth-order valence-corrected chi connectivity index (χ4v) is 4.54. The first-order chi connectivity index (χ1) is 9.74. The van der Waals surface area contributed by atoms with Gasteiger partial charge in [0.1, 0.15) is 0 Å². The first-order valence-electron chi connectivity index (χ1n) is 6.61. The maximum atomic E-state index is 12.0. The zero-order valence-electron chi connectivity index (χ0n) is 11.8. The van der Waals surface area contributed by atoms with Crippen molar-refractivity contribution in [3.8, 4) is 0 Å². The molecule has 0 heterocycles. The maximum Gasteiger partial charge on any atom is 0.212 e. The van der Waals surface area contributed by atoms with E-state index in [1.807, 2.05) is 6.07 Å². The SMILES string of the molecule is C=CCC[C@@H](CCS(=O)(=O)Cc1ccccc1)S(N)(=O)=O. The Morgan fingerprint density at radius 2 is 1.71 bits per heavy atom. The average Bonchev–Trinajstić information content (AvgIpc) is 2.37. The summed E-state index contributed by atoms with van der Waals surface area (Å²) in [7, 11) is -7.11. The number of rotatable bonds is 9. The van der Waals surface area contributed by atoms with Crippen LogP contribution >= 0.6 is 0 Å². The number of nitrogens with two attached hydrogens (primary N) is 1. The van der Waals surface area contributed by atoms with Gasteiger partial charge >= 0.3 is 0 Å². The Balaban J connectivity index is 2.68. The highest BCUT2D eigenvalue weighted by Gasteiger charge is 2.23. The molecule has 2 N–H and O–H groups in total. The summed E-state index contributed by atoms with van der Waals surface area (Å²) in [4.78, 5) is 0. The van der Waals surface area contributed by atoms with E-state index in [-0.39, 0.29) is 17.9 Å². The van der Waals surface area contributed by atoms with Crippen LogP contribution in [0.3, 0.4) is 0 Å². The Morgan fingerprint density at radius 1 is 1.10 bits per heavy atom. The Morgan fingerprint density at radius 3 is 2.24 bits per heavy atom. The average molecular weight is 331 g/mol. The molecule has 1 aromatic carbocycles. The van der Waals surface area contributed by atoms with E-state index in [1.54, 1.807) is 30.3 Å². The normalized spacial score (nSPS) is 13.8. The van der Waals surface area contributed by atoms with E-state index in [0.717, 1.165) is 0 Å². The Bertz CT molecular complexity index is 651. The first kappa shape index (κ1) is 17.9. The molecule has 0 amide bonds. The molecule has 1 rings (SSSR count). The van der Waals surface area contributed by atoms with Gasteiger partial charge in [0, 0.05) is 0 Å². The third kappa shape index (κ3) is 6.88. The minimum atomic E-state index is -3.74. The number of allylic oxidation sites excluding steroid dienone is 1. The molecule has 0 saturated carbocycles. The van der Waals surface area contributed by atoms with Gasteiger partial charge < -0.3 is 0 Å². The zero-order chi connectivity index (χ0) is 15.9. The van der Waals surface area contributed by atoms with E-state index >= 15 is 0 Å². The standard InChI is InChI=1S/C14H21NO4S2/c1-2-3-9-14(21(15,18)19)10-11-20(16,17)12-13-7-5-4-6-8-13/h2,4-8,14H,1,3,9-12H2,(H2,15,18,19)/t14-/m0/s1. The van der Waals surface area contributed by atoms with Gasteiger partial charge in [-0.25, -0.2) is 22.0 Å². The maximum absolute atomic E-state index is 12.0. The number of sulfonamides is 1. The Labute approximate surface area is 126 Å². The molecule has 7 heteroatoms. The van der Waals surface area contributed by atoms with Gasteiger partial charge in [0.15, 0.2) is 9.84 Å². The zero-order valence-corrected chi connectivity index (χ0v) is 13.4. The highest BCUT2D eigenvalue weighted by atomic mass is 32.2. The second-order valence-electron chi connectivity index (χ2n) is 4.94. The lowest BCUT2D eigenvalue weighted by Gasteiger charge is -2.13. The topological polar surface area (TPSA) is 94.3 Å². The fourth-order valence-electron chi connectivity index (χ4n) is 1.99. The largest absolute Gasteiger partial charge is 0.228 e. The first-order valence-corrected chi connectivity index (χ1v) is 10.0. The van der Waals surface area contributed by atoms with Gasteiger partial charge in [-0.3, -0.25) is 0 Å². The van der Waals surface area contributed by atoms with Gasteiger partial charge in [0.05, 0.1) is 16.8 Å². The molecule has 0 aliphatic heterocycles. The van der Waals surface area contributed by atoms with Crippen LogP contribution < -0.4 is 5.14 Å². The second kappa shape index (κ2) is 7.72. The minimum Gasteiger partial charge on any atom is -0.228 e. The van der Waals surface area contributed by atoms with Crippen LogP contribution in [0.4, 0.5) is 0 Å². The quantitative estimate of drug-likeness (QED) is 0.696. The smallest absolute Gasteiger partial charge is 0.212 e. The molecule has 118 valence electrons. The van der Waals surface area contributed by atoms with E-state index in [1.165, 1.54) is 0 Å². The summed E-state index contributed by atoms with van der Waals surface area (Å²) in [5.41, 5.74) is 0.691. The van der Waals surface area contributed by atoms with Crippen molar-refractivity contribution in [2.24, 2.45) is 5.14 Å². The molecular formula is C14H21NO4S2. The van der Waals surface area contributed by atoms with E-state index in [2.05, 4.69) is 6.58 Å². The third-order valence-electron chi connectivity index (χ3n) is 3.14. The highest BCUT2D eigenvalue weighted by molar-refractivity contribution is 7.91. The van der Waals surface area contributed by atoms with E-state index in [4.69, 9.17) is 5.14 Å². The lowest BCUT2D eigenvalue weighted by atomic mass is 10.2. The minimum absolute atomic E-state index is 0.0157. The predicted octanol–water partition coefficient (Wildman–Crippen LogP) is 1.61. The number of benzene rings is 1. The Hall–Kier alpha value is -1.18. The van der Waals surface area contributed by atoms with Crippen molar-refractivity contribution in [1.82, 2.24) is 0 Å². The lowest BCUT2D eigenvalue weighted by molar-refractivity contribution is 0.564. The molecule has 0 radical (unpaired) electrons. The molecule has 0 saturated heterocycles. The summed E-state index contributed by atoms with van der Waals surface area (Å²) in [5.74, 6) is -0.285. The summed E-state index contributed by atoms with van der Waals surface area (Å²) in [6.45, 7) is 3.53. The third-order valence-corrected chi connectivity index (χ3v) is 6.17. The van der Waals surface area contributed by atoms with Crippen LogP contribution in [0.2, 0.25) is 0 Å². The lowest BCUT2D eigenvalue weighted by Crippen LogP contribution is -2.30. The monoisotopic (exact) mass is 331 g/mol. The number of hydrogen-bond donors (Lipinski definition) is 1. The van der Waals surface area contributed by atoms with Crippen LogP contribution in [0.15, 0.2) is 43.0 Å². The van der Waals surface area contributed by atoms with Gasteiger partial charge in [0.25, 0.3) is 0 Å². The molecule has 0 aromatic heterocycles. The van der Waals surface area contributed by atoms with Crippen molar-refractivity contribution >= 4 is 19.9 Å². The van der Waals surface area contributed by atoms with Crippen molar-refractivity contribution in [1.29, 1.82) is 0 Å². The van der Waals surface area contributed by atoms with Gasteiger partial charge in [-0.2, -0.15) is 0 Å². The molecule has 0 spiro atoms. The van der Waals surface area contributed by atoms with Gasteiger partial charge in [-0.1, -0.05) is 36.4 Å². The van der Waals surface area contributed by atoms with Crippen LogP contribution in [0.25, 0.3) is 0 Å². The van der Waals surface area contributed by atoms with E-state index in [9.17, 15) is 16.8 Å². The van der Waals surface area contributed by atoms with Gasteiger partial charge in [0.2, 0.25) is 10.0 Å².